The Bertz CT molecular complexity index is 1650. The van der Waals surface area contributed by atoms with Crippen molar-refractivity contribution in [2.24, 2.45) is 0 Å². The van der Waals surface area contributed by atoms with E-state index in [4.69, 9.17) is 47.4 Å². The summed E-state index contributed by atoms with van der Waals surface area (Å²) in [5, 5.41) is 0. The minimum Gasteiger partial charge on any atom is -0.491 e. The molecule has 416 valence electrons. The molecule has 1 fully saturated rings. The minimum atomic E-state index is -0.843. The molecule has 1 aromatic rings. The molecule has 1 aliphatic heterocycles. The summed E-state index contributed by atoms with van der Waals surface area (Å²) in [5.74, 6) is -1.11. The first-order valence-corrected chi connectivity index (χ1v) is 26.2. The van der Waals surface area contributed by atoms with Crippen LogP contribution in [0, 0.1) is 0 Å². The Morgan fingerprint density at radius 1 is 0.431 bits per heavy atom. The molecule has 4 atom stereocenters. The standard InChI is InChI=1S/C54H96N4O14/c1-17-63-33-34-64-35-36-68-42-23-21-41(22-24-42)37-43(50(62)72-54(14,15)16)55-25-27-56(44(47(59)65-18-2)38-69-51(5,6)7)29-31-58(46(49(61)67-20-4)40-71-53(11,12)13)32-30-57(28-26-55)45(48(60)66-19-3)39-70-52(8,9)10/h21-24,43-46H,17-20,25-40H2,1-16H3. The van der Waals surface area contributed by atoms with Crippen molar-refractivity contribution in [3.63, 3.8) is 0 Å². The normalized spacial score (nSPS) is 17.4. The third-order valence-corrected chi connectivity index (χ3v) is 11.3. The minimum absolute atomic E-state index is 0.0306. The molecule has 1 heterocycles. The Morgan fingerprint density at radius 3 is 1.08 bits per heavy atom. The Balaban J connectivity index is 2.86. The maximum atomic E-state index is 14.7. The van der Waals surface area contributed by atoms with Gasteiger partial charge in [0.15, 0.2) is 0 Å². The Kier molecular flexibility index (Phi) is 28.8. The lowest BCUT2D eigenvalue weighted by molar-refractivity contribution is -0.163. The molecule has 0 bridgehead atoms. The monoisotopic (exact) mass is 1020 g/mol. The van der Waals surface area contributed by atoms with Crippen molar-refractivity contribution in [2.45, 2.75) is 164 Å². The van der Waals surface area contributed by atoms with Crippen molar-refractivity contribution in [3.05, 3.63) is 29.8 Å². The molecule has 1 aromatic carbocycles. The fourth-order valence-corrected chi connectivity index (χ4v) is 7.65. The van der Waals surface area contributed by atoms with Crippen LogP contribution in [-0.4, -0.2) is 215 Å². The number of carbonyl (C=O) groups is 4. The molecule has 0 saturated carbocycles. The van der Waals surface area contributed by atoms with E-state index < -0.39 is 70.4 Å². The molecule has 2 rings (SSSR count). The summed E-state index contributed by atoms with van der Waals surface area (Å²) in [7, 11) is 0. The average molecular weight is 1030 g/mol. The van der Waals surface area contributed by atoms with Gasteiger partial charge in [-0.3, -0.25) is 38.8 Å². The highest BCUT2D eigenvalue weighted by atomic mass is 16.6. The summed E-state index contributed by atoms with van der Waals surface area (Å²) >= 11 is 0. The van der Waals surface area contributed by atoms with Gasteiger partial charge in [-0.2, -0.15) is 0 Å². The van der Waals surface area contributed by atoms with Crippen molar-refractivity contribution in [3.8, 4) is 5.75 Å². The van der Waals surface area contributed by atoms with E-state index in [1.54, 1.807) is 20.8 Å². The zero-order chi connectivity index (χ0) is 54.1. The number of nitrogens with zero attached hydrogens (tertiary/aromatic N) is 4. The van der Waals surface area contributed by atoms with Gasteiger partial charge in [-0.1, -0.05) is 12.1 Å². The van der Waals surface area contributed by atoms with Crippen LogP contribution < -0.4 is 4.74 Å². The van der Waals surface area contributed by atoms with Crippen LogP contribution in [0.3, 0.4) is 0 Å². The summed E-state index contributed by atoms with van der Waals surface area (Å²) in [6.07, 6.45) is 0.279. The van der Waals surface area contributed by atoms with Crippen molar-refractivity contribution in [2.75, 3.05) is 125 Å². The van der Waals surface area contributed by atoms with Crippen LogP contribution >= 0.6 is 0 Å². The number of rotatable bonds is 27. The molecule has 4 unspecified atom stereocenters. The number of carbonyl (C=O) groups excluding carboxylic acids is 4. The third-order valence-electron chi connectivity index (χ3n) is 11.3. The molecule has 0 radical (unpaired) electrons. The zero-order valence-corrected chi connectivity index (χ0v) is 47.3. The first kappa shape index (κ1) is 64.7. The summed E-state index contributed by atoms with van der Waals surface area (Å²) in [6.45, 7) is 35.4. The number of esters is 4. The lowest BCUT2D eigenvalue weighted by atomic mass is 10.0. The summed E-state index contributed by atoms with van der Waals surface area (Å²) in [6, 6.07) is 4.31. The molecule has 72 heavy (non-hydrogen) atoms. The third kappa shape index (κ3) is 26.7. The molecule has 0 N–H and O–H groups in total. The van der Waals surface area contributed by atoms with Gasteiger partial charge in [-0.15, -0.1) is 0 Å². The molecule has 0 amide bonds. The maximum Gasteiger partial charge on any atom is 0.325 e. The number of benzene rings is 1. The summed E-state index contributed by atoms with van der Waals surface area (Å²) < 4.78 is 59.2. The van der Waals surface area contributed by atoms with Gasteiger partial charge >= 0.3 is 23.9 Å². The van der Waals surface area contributed by atoms with E-state index in [-0.39, 0.29) is 98.4 Å². The van der Waals surface area contributed by atoms with E-state index in [0.717, 1.165) is 5.56 Å². The second kappa shape index (κ2) is 32.1. The molecule has 0 spiro atoms. The molecule has 18 heteroatoms. The zero-order valence-electron chi connectivity index (χ0n) is 47.3. The predicted octanol–water partition coefficient (Wildman–Crippen LogP) is 5.83. The second-order valence-corrected chi connectivity index (χ2v) is 21.8. The lowest BCUT2D eigenvalue weighted by Crippen LogP contribution is -2.59. The van der Waals surface area contributed by atoms with Gasteiger partial charge in [0.2, 0.25) is 0 Å². The van der Waals surface area contributed by atoms with Gasteiger partial charge in [0.1, 0.15) is 42.1 Å². The fourth-order valence-electron chi connectivity index (χ4n) is 7.65. The largest absolute Gasteiger partial charge is 0.491 e. The van der Waals surface area contributed by atoms with Crippen molar-refractivity contribution in [1.82, 2.24) is 19.6 Å². The van der Waals surface area contributed by atoms with Gasteiger partial charge in [0.25, 0.3) is 0 Å². The van der Waals surface area contributed by atoms with E-state index in [2.05, 4.69) is 4.90 Å². The van der Waals surface area contributed by atoms with Crippen LogP contribution in [-0.2, 0) is 68.2 Å². The average Bonchev–Trinajstić information content (AvgIpc) is 3.26. The topological polar surface area (TPSA) is 174 Å². The van der Waals surface area contributed by atoms with E-state index in [1.807, 2.05) is 129 Å². The predicted molar refractivity (Wildman–Crippen MR) is 277 cm³/mol. The molecule has 0 aliphatic carbocycles. The van der Waals surface area contributed by atoms with Crippen molar-refractivity contribution >= 4 is 23.9 Å². The quantitative estimate of drug-likeness (QED) is 0.0584. The number of hydrogen-bond acceptors (Lipinski definition) is 18. The molecule has 0 aromatic heterocycles. The maximum absolute atomic E-state index is 14.7. The molecular formula is C54H96N4O14. The molecular weight excluding hydrogens is 929 g/mol. The molecule has 1 saturated heterocycles. The van der Waals surface area contributed by atoms with E-state index in [0.29, 0.717) is 38.8 Å². The molecule has 1 aliphatic rings. The van der Waals surface area contributed by atoms with E-state index in [9.17, 15) is 19.2 Å². The van der Waals surface area contributed by atoms with Crippen LogP contribution in [0.15, 0.2) is 24.3 Å². The van der Waals surface area contributed by atoms with Gasteiger partial charge in [-0.05, 0) is 135 Å². The van der Waals surface area contributed by atoms with Crippen LogP contribution in [0.4, 0.5) is 0 Å². The highest BCUT2D eigenvalue weighted by molar-refractivity contribution is 5.78. The van der Waals surface area contributed by atoms with Gasteiger partial charge in [0.05, 0.1) is 76.3 Å². The highest BCUT2D eigenvalue weighted by Crippen LogP contribution is 2.22. The lowest BCUT2D eigenvalue weighted by Gasteiger charge is -2.41. The van der Waals surface area contributed by atoms with Crippen LogP contribution in [0.1, 0.15) is 116 Å². The van der Waals surface area contributed by atoms with Gasteiger partial charge in [0, 0.05) is 59.0 Å². The van der Waals surface area contributed by atoms with Crippen molar-refractivity contribution in [1.29, 1.82) is 0 Å². The first-order valence-electron chi connectivity index (χ1n) is 26.2. The second-order valence-electron chi connectivity index (χ2n) is 21.8. The smallest absolute Gasteiger partial charge is 0.325 e. The fraction of sp³-hybridized carbons (Fsp3) is 0.815. The Labute approximate surface area is 433 Å². The number of hydrogen-bond donors (Lipinski definition) is 0. The highest BCUT2D eigenvalue weighted by Gasteiger charge is 2.38. The summed E-state index contributed by atoms with van der Waals surface area (Å²) in [4.78, 5) is 65.0. The van der Waals surface area contributed by atoms with E-state index >= 15 is 0 Å². The first-order chi connectivity index (χ1) is 33.7. The summed E-state index contributed by atoms with van der Waals surface area (Å²) in [5.41, 5.74) is -1.67. The van der Waals surface area contributed by atoms with Crippen LogP contribution in [0.5, 0.6) is 5.75 Å². The Morgan fingerprint density at radius 2 is 0.764 bits per heavy atom. The SMILES string of the molecule is CCOCCOCCOc1ccc(CC(C(=O)OC(C)(C)C)N2CCN(C(COC(C)(C)C)C(=O)OCC)CCN(C(COC(C)(C)C)C(=O)OCC)CCN(C(COC(C)(C)C)C(=O)OCC)CC2)cc1. The molecule has 18 nitrogen and oxygen atoms in total. The van der Waals surface area contributed by atoms with Crippen molar-refractivity contribution < 1.29 is 66.5 Å². The van der Waals surface area contributed by atoms with Gasteiger partial charge in [-0.25, -0.2) is 0 Å². The number of ether oxygens (including phenoxy) is 10. The Hall–Kier alpha value is -3.46. The van der Waals surface area contributed by atoms with Crippen LogP contribution in [0.2, 0.25) is 0 Å². The van der Waals surface area contributed by atoms with Crippen LogP contribution in [0.25, 0.3) is 0 Å². The van der Waals surface area contributed by atoms with E-state index in [1.165, 1.54) is 0 Å². The van der Waals surface area contributed by atoms with Gasteiger partial charge < -0.3 is 47.4 Å².